The number of rotatable bonds is 6. The van der Waals surface area contributed by atoms with Gasteiger partial charge in [0, 0.05) is 44.9 Å². The largest absolute Gasteiger partial charge is 0.455 e. The van der Waals surface area contributed by atoms with E-state index in [2.05, 4.69) is 157 Å². The van der Waals surface area contributed by atoms with Gasteiger partial charge in [0.15, 0.2) is 5.58 Å². The zero-order valence-electron chi connectivity index (χ0n) is 27.5. The molecule has 4 nitrogen and oxygen atoms in total. The molecule has 0 aliphatic heterocycles. The van der Waals surface area contributed by atoms with Gasteiger partial charge in [-0.25, -0.2) is 4.98 Å². The molecule has 0 N–H and O–H groups in total. The molecular formula is C47H30N2O2. The van der Waals surface area contributed by atoms with Crippen LogP contribution in [0.5, 0.6) is 0 Å². The van der Waals surface area contributed by atoms with E-state index in [9.17, 15) is 0 Å². The Labute approximate surface area is 294 Å². The Morgan fingerprint density at radius 3 is 1.86 bits per heavy atom. The van der Waals surface area contributed by atoms with Crippen LogP contribution in [0.1, 0.15) is 0 Å². The fraction of sp³-hybridized carbons (Fsp3) is 0. The molecule has 0 amide bonds. The van der Waals surface area contributed by atoms with E-state index in [0.29, 0.717) is 5.89 Å². The Morgan fingerprint density at radius 2 is 1.06 bits per heavy atom. The maximum Gasteiger partial charge on any atom is 0.228 e. The van der Waals surface area contributed by atoms with Crippen molar-refractivity contribution < 1.29 is 8.83 Å². The number of oxazole rings is 1. The summed E-state index contributed by atoms with van der Waals surface area (Å²) in [6.07, 6.45) is 0. The Balaban J connectivity index is 1.17. The van der Waals surface area contributed by atoms with Crippen molar-refractivity contribution in [1.29, 1.82) is 0 Å². The van der Waals surface area contributed by atoms with E-state index in [1.54, 1.807) is 0 Å². The third-order valence-electron chi connectivity index (χ3n) is 9.67. The summed E-state index contributed by atoms with van der Waals surface area (Å²) in [7, 11) is 0. The van der Waals surface area contributed by atoms with Crippen LogP contribution < -0.4 is 4.90 Å². The van der Waals surface area contributed by atoms with Crippen molar-refractivity contribution in [3.63, 3.8) is 0 Å². The third kappa shape index (κ3) is 5.04. The second-order valence-corrected chi connectivity index (χ2v) is 12.8. The SMILES string of the molecule is c1ccc(-c2ccc(N(c3cccc(-c4ccccc4)c3)c3ccc4c(c3)oc3c5ccccc5cc(-c5nc6ccccc6o5)c43)cc2)cc1. The lowest BCUT2D eigenvalue weighted by atomic mass is 10.00. The number of aromatic nitrogens is 1. The average Bonchev–Trinajstić information content (AvgIpc) is 3.81. The molecule has 4 heteroatoms. The van der Waals surface area contributed by atoms with Crippen LogP contribution in [0.4, 0.5) is 17.1 Å². The molecule has 0 saturated carbocycles. The topological polar surface area (TPSA) is 42.4 Å². The smallest absolute Gasteiger partial charge is 0.228 e. The first-order chi connectivity index (χ1) is 25.3. The summed E-state index contributed by atoms with van der Waals surface area (Å²) < 4.78 is 13.2. The molecule has 0 saturated heterocycles. The second kappa shape index (κ2) is 11.9. The predicted octanol–water partition coefficient (Wildman–Crippen LogP) is 13.4. The van der Waals surface area contributed by atoms with E-state index < -0.39 is 0 Å². The molecule has 0 radical (unpaired) electrons. The summed E-state index contributed by atoms with van der Waals surface area (Å²) in [5.41, 5.74) is 11.9. The van der Waals surface area contributed by atoms with Crippen molar-refractivity contribution in [2.24, 2.45) is 0 Å². The van der Waals surface area contributed by atoms with E-state index in [1.165, 1.54) is 16.7 Å². The van der Waals surface area contributed by atoms with Crippen LogP contribution in [-0.2, 0) is 0 Å². The third-order valence-corrected chi connectivity index (χ3v) is 9.67. The molecule has 0 spiro atoms. The zero-order chi connectivity index (χ0) is 33.7. The van der Waals surface area contributed by atoms with Crippen LogP contribution in [0.15, 0.2) is 191 Å². The summed E-state index contributed by atoms with van der Waals surface area (Å²) in [4.78, 5) is 7.20. The first-order valence-electron chi connectivity index (χ1n) is 17.1. The monoisotopic (exact) mass is 654 g/mol. The Kier molecular flexibility index (Phi) is 6.78. The molecule has 0 aliphatic carbocycles. The van der Waals surface area contributed by atoms with E-state index in [4.69, 9.17) is 13.8 Å². The molecule has 0 bridgehead atoms. The molecule has 0 aliphatic rings. The van der Waals surface area contributed by atoms with Gasteiger partial charge in [-0.1, -0.05) is 121 Å². The van der Waals surface area contributed by atoms with Gasteiger partial charge < -0.3 is 13.7 Å². The van der Waals surface area contributed by atoms with E-state index in [0.717, 1.165) is 72.0 Å². The molecule has 2 heterocycles. The summed E-state index contributed by atoms with van der Waals surface area (Å²) >= 11 is 0. The Bertz CT molecular complexity index is 2820. The Hall–Kier alpha value is -6.91. The van der Waals surface area contributed by atoms with Gasteiger partial charge in [0.25, 0.3) is 0 Å². The molecule has 0 unspecified atom stereocenters. The highest BCUT2D eigenvalue weighted by atomic mass is 16.3. The Morgan fingerprint density at radius 1 is 0.412 bits per heavy atom. The van der Waals surface area contributed by atoms with Gasteiger partial charge in [0.05, 0.1) is 0 Å². The zero-order valence-corrected chi connectivity index (χ0v) is 27.5. The number of fused-ring (bicyclic) bond motifs is 6. The van der Waals surface area contributed by atoms with Crippen LogP contribution in [0, 0.1) is 0 Å². The molecule has 10 rings (SSSR count). The first kappa shape index (κ1) is 29.0. The standard InChI is InChI=1S/C47H30N2O2/c1-3-12-31(13-4-1)33-22-24-36(25-23-33)49(37-18-11-17-34(28-37)32-14-5-2-6-15-32)38-26-27-40-44(30-38)50-46-39-19-8-7-16-35(39)29-41(45(40)46)47-48-42-20-9-10-21-43(42)51-47/h1-30H. The minimum absolute atomic E-state index is 0.580. The van der Waals surface area contributed by atoms with Gasteiger partial charge in [0.1, 0.15) is 16.7 Å². The summed E-state index contributed by atoms with van der Waals surface area (Å²) in [5, 5.41) is 4.12. The number of para-hydroxylation sites is 2. The maximum absolute atomic E-state index is 6.84. The molecule has 51 heavy (non-hydrogen) atoms. The quantitative estimate of drug-likeness (QED) is 0.179. The molecule has 240 valence electrons. The van der Waals surface area contributed by atoms with Crippen molar-refractivity contribution in [1.82, 2.24) is 4.98 Å². The van der Waals surface area contributed by atoms with Gasteiger partial charge in [-0.2, -0.15) is 0 Å². The number of anilines is 3. The number of benzene rings is 8. The fourth-order valence-electron chi connectivity index (χ4n) is 7.23. The van der Waals surface area contributed by atoms with Gasteiger partial charge in [-0.15, -0.1) is 0 Å². The molecule has 8 aromatic carbocycles. The highest BCUT2D eigenvalue weighted by Crippen LogP contribution is 2.44. The first-order valence-corrected chi connectivity index (χ1v) is 17.1. The van der Waals surface area contributed by atoms with Gasteiger partial charge in [-0.3, -0.25) is 0 Å². The lowest BCUT2D eigenvalue weighted by Crippen LogP contribution is -2.10. The normalized spacial score (nSPS) is 11.5. The number of nitrogens with zero attached hydrogens (tertiary/aromatic N) is 2. The minimum atomic E-state index is 0.580. The summed E-state index contributed by atoms with van der Waals surface area (Å²) in [5.74, 6) is 0.580. The fourth-order valence-corrected chi connectivity index (χ4v) is 7.23. The molecule has 10 aromatic rings. The lowest BCUT2D eigenvalue weighted by molar-refractivity contribution is 0.620. The maximum atomic E-state index is 6.84. The lowest BCUT2D eigenvalue weighted by Gasteiger charge is -2.26. The van der Waals surface area contributed by atoms with Gasteiger partial charge in [-0.05, 0) is 82.2 Å². The van der Waals surface area contributed by atoms with Gasteiger partial charge >= 0.3 is 0 Å². The molecular weight excluding hydrogens is 625 g/mol. The van der Waals surface area contributed by atoms with E-state index >= 15 is 0 Å². The highest BCUT2D eigenvalue weighted by molar-refractivity contribution is 6.21. The van der Waals surface area contributed by atoms with Crippen LogP contribution in [0.3, 0.4) is 0 Å². The van der Waals surface area contributed by atoms with Crippen LogP contribution >= 0.6 is 0 Å². The number of furan rings is 1. The predicted molar refractivity (Wildman–Crippen MR) is 210 cm³/mol. The molecule has 2 aromatic heterocycles. The van der Waals surface area contributed by atoms with E-state index in [-0.39, 0.29) is 0 Å². The highest BCUT2D eigenvalue weighted by Gasteiger charge is 2.22. The minimum Gasteiger partial charge on any atom is -0.455 e. The number of hydrogen-bond acceptors (Lipinski definition) is 4. The summed E-state index contributed by atoms with van der Waals surface area (Å²) in [6, 6.07) is 63.4. The van der Waals surface area contributed by atoms with Crippen LogP contribution in [0.2, 0.25) is 0 Å². The molecule has 0 fully saturated rings. The summed E-state index contributed by atoms with van der Waals surface area (Å²) in [6.45, 7) is 0. The van der Waals surface area contributed by atoms with Crippen molar-refractivity contribution in [3.05, 3.63) is 182 Å². The van der Waals surface area contributed by atoms with Crippen molar-refractivity contribution in [2.45, 2.75) is 0 Å². The molecule has 0 atom stereocenters. The van der Waals surface area contributed by atoms with Crippen LogP contribution in [0.25, 0.3) is 77.5 Å². The van der Waals surface area contributed by atoms with Crippen molar-refractivity contribution in [3.8, 4) is 33.7 Å². The van der Waals surface area contributed by atoms with Crippen molar-refractivity contribution >= 4 is 60.9 Å². The van der Waals surface area contributed by atoms with Gasteiger partial charge in [0.2, 0.25) is 5.89 Å². The van der Waals surface area contributed by atoms with E-state index in [1.807, 2.05) is 30.3 Å². The van der Waals surface area contributed by atoms with Crippen LogP contribution in [-0.4, -0.2) is 4.98 Å². The van der Waals surface area contributed by atoms with Crippen molar-refractivity contribution in [2.75, 3.05) is 4.90 Å². The average molecular weight is 655 g/mol. The number of hydrogen-bond donors (Lipinski definition) is 0. The second-order valence-electron chi connectivity index (χ2n) is 12.8.